The Bertz CT molecular complexity index is 669. The number of amides is 1. The molecular formula is C16H20FN3OS. The van der Waals surface area contributed by atoms with Crippen molar-refractivity contribution in [3.05, 3.63) is 46.2 Å². The van der Waals surface area contributed by atoms with Gasteiger partial charge < -0.3 is 11.1 Å². The summed E-state index contributed by atoms with van der Waals surface area (Å²) in [5, 5.41) is 3.31. The molecule has 22 heavy (non-hydrogen) atoms. The van der Waals surface area contributed by atoms with Crippen LogP contribution in [0.15, 0.2) is 24.3 Å². The summed E-state index contributed by atoms with van der Waals surface area (Å²) in [7, 11) is 0. The fourth-order valence-corrected chi connectivity index (χ4v) is 2.91. The number of hydrogen-bond donors (Lipinski definition) is 2. The van der Waals surface area contributed by atoms with Gasteiger partial charge >= 0.3 is 0 Å². The maximum atomic E-state index is 13.7. The van der Waals surface area contributed by atoms with E-state index in [0.717, 1.165) is 10.6 Å². The zero-order chi connectivity index (χ0) is 16.3. The molecule has 0 spiro atoms. The summed E-state index contributed by atoms with van der Waals surface area (Å²) in [6.07, 6.45) is 0.467. The summed E-state index contributed by atoms with van der Waals surface area (Å²) >= 11 is 1.37. The van der Waals surface area contributed by atoms with E-state index in [1.54, 1.807) is 26.0 Å². The Labute approximate surface area is 133 Å². The second-order valence-corrected chi connectivity index (χ2v) is 6.52. The number of anilines is 1. The van der Waals surface area contributed by atoms with Gasteiger partial charge in [-0.15, -0.1) is 11.3 Å². The smallest absolute Gasteiger partial charge is 0.230 e. The minimum Gasteiger partial charge on any atom is -0.327 e. The summed E-state index contributed by atoms with van der Waals surface area (Å²) in [5.74, 6) is -0.674. The van der Waals surface area contributed by atoms with Crippen molar-refractivity contribution in [3.63, 3.8) is 0 Å². The van der Waals surface area contributed by atoms with Crippen molar-refractivity contribution in [2.24, 2.45) is 11.7 Å². The van der Waals surface area contributed by atoms with Crippen LogP contribution >= 0.6 is 11.3 Å². The molecule has 6 heteroatoms. The SMILES string of the molecule is Cc1nc(NC(=O)C(C)C(C)N)sc1Cc1ccccc1F. The van der Waals surface area contributed by atoms with Crippen LogP contribution in [0.2, 0.25) is 0 Å². The normalized spacial score (nSPS) is 13.7. The van der Waals surface area contributed by atoms with Crippen LogP contribution in [-0.4, -0.2) is 16.9 Å². The Morgan fingerprint density at radius 3 is 2.73 bits per heavy atom. The highest BCUT2D eigenvalue weighted by molar-refractivity contribution is 7.15. The fourth-order valence-electron chi connectivity index (χ4n) is 1.92. The van der Waals surface area contributed by atoms with E-state index >= 15 is 0 Å². The van der Waals surface area contributed by atoms with Gasteiger partial charge in [0.1, 0.15) is 5.82 Å². The summed E-state index contributed by atoms with van der Waals surface area (Å²) in [6.45, 7) is 5.43. The van der Waals surface area contributed by atoms with Gasteiger partial charge in [0, 0.05) is 17.3 Å². The first kappa shape index (κ1) is 16.6. The van der Waals surface area contributed by atoms with Gasteiger partial charge in [-0.05, 0) is 25.5 Å². The molecule has 1 amide bonds. The molecule has 4 nitrogen and oxygen atoms in total. The lowest BCUT2D eigenvalue weighted by atomic mass is 10.0. The first-order valence-electron chi connectivity index (χ1n) is 7.14. The molecule has 2 unspecified atom stereocenters. The lowest BCUT2D eigenvalue weighted by Crippen LogP contribution is -2.34. The summed E-state index contributed by atoms with van der Waals surface area (Å²) in [6, 6.07) is 6.45. The number of rotatable bonds is 5. The van der Waals surface area contributed by atoms with Gasteiger partial charge in [0.2, 0.25) is 5.91 Å². The number of thiazole rings is 1. The first-order valence-corrected chi connectivity index (χ1v) is 7.96. The monoisotopic (exact) mass is 321 g/mol. The Morgan fingerprint density at radius 2 is 2.09 bits per heavy atom. The van der Waals surface area contributed by atoms with E-state index < -0.39 is 0 Å². The zero-order valence-corrected chi connectivity index (χ0v) is 13.7. The van der Waals surface area contributed by atoms with Gasteiger partial charge in [0.25, 0.3) is 0 Å². The van der Waals surface area contributed by atoms with Crippen LogP contribution in [0.3, 0.4) is 0 Å². The van der Waals surface area contributed by atoms with Crippen molar-refractivity contribution in [3.8, 4) is 0 Å². The second kappa shape index (κ2) is 6.98. The van der Waals surface area contributed by atoms with Gasteiger partial charge in [0.05, 0.1) is 11.6 Å². The minimum atomic E-state index is -0.292. The molecule has 118 valence electrons. The summed E-state index contributed by atoms with van der Waals surface area (Å²) in [4.78, 5) is 17.3. The number of benzene rings is 1. The van der Waals surface area contributed by atoms with Crippen LogP contribution in [-0.2, 0) is 11.2 Å². The van der Waals surface area contributed by atoms with E-state index in [-0.39, 0.29) is 23.7 Å². The molecule has 0 aliphatic carbocycles. The Kier molecular flexibility index (Phi) is 5.26. The Morgan fingerprint density at radius 1 is 1.41 bits per heavy atom. The lowest BCUT2D eigenvalue weighted by molar-refractivity contribution is -0.119. The topological polar surface area (TPSA) is 68.0 Å². The molecule has 0 radical (unpaired) electrons. The highest BCUT2D eigenvalue weighted by Gasteiger charge is 2.19. The number of hydrogen-bond acceptors (Lipinski definition) is 4. The molecule has 2 aromatic rings. The molecule has 1 aromatic carbocycles. The standard InChI is InChI=1S/C16H20FN3OS/c1-9(10(2)18)15(21)20-16-19-11(3)14(22-16)8-12-6-4-5-7-13(12)17/h4-7,9-10H,8,18H2,1-3H3,(H,19,20,21). The zero-order valence-electron chi connectivity index (χ0n) is 12.9. The number of nitrogens with two attached hydrogens (primary N) is 1. The maximum absolute atomic E-state index is 13.7. The van der Waals surface area contributed by atoms with Crippen LogP contribution < -0.4 is 11.1 Å². The molecule has 0 bridgehead atoms. The van der Waals surface area contributed by atoms with E-state index in [1.807, 2.05) is 13.0 Å². The molecule has 0 aliphatic heterocycles. The van der Waals surface area contributed by atoms with E-state index in [4.69, 9.17) is 5.73 Å². The number of aromatic nitrogens is 1. The lowest BCUT2D eigenvalue weighted by Gasteiger charge is -2.13. The number of nitrogens with one attached hydrogen (secondary N) is 1. The molecular weight excluding hydrogens is 301 g/mol. The third-order valence-corrected chi connectivity index (χ3v) is 4.71. The van der Waals surface area contributed by atoms with Crippen molar-refractivity contribution in [2.75, 3.05) is 5.32 Å². The Balaban J connectivity index is 2.12. The van der Waals surface area contributed by atoms with Gasteiger partial charge in [-0.25, -0.2) is 9.37 Å². The Hall–Kier alpha value is -1.79. The van der Waals surface area contributed by atoms with Crippen LogP contribution in [0.25, 0.3) is 0 Å². The average molecular weight is 321 g/mol. The van der Waals surface area contributed by atoms with Gasteiger partial charge in [-0.1, -0.05) is 25.1 Å². The highest BCUT2D eigenvalue weighted by atomic mass is 32.1. The molecule has 0 fully saturated rings. The van der Waals surface area contributed by atoms with E-state index in [2.05, 4.69) is 10.3 Å². The molecule has 2 rings (SSSR count). The fraction of sp³-hybridized carbons (Fsp3) is 0.375. The number of halogens is 1. The van der Waals surface area contributed by atoms with Crippen LogP contribution in [0.4, 0.5) is 9.52 Å². The number of carbonyl (C=O) groups is 1. The van der Waals surface area contributed by atoms with Crippen LogP contribution in [0, 0.1) is 18.7 Å². The molecule has 0 saturated heterocycles. The van der Waals surface area contributed by atoms with E-state index in [0.29, 0.717) is 17.1 Å². The number of nitrogens with zero attached hydrogens (tertiary/aromatic N) is 1. The maximum Gasteiger partial charge on any atom is 0.230 e. The third-order valence-electron chi connectivity index (χ3n) is 3.63. The molecule has 0 saturated carbocycles. The largest absolute Gasteiger partial charge is 0.327 e. The minimum absolute atomic E-state index is 0.152. The summed E-state index contributed by atoms with van der Waals surface area (Å²) in [5.41, 5.74) is 7.15. The summed E-state index contributed by atoms with van der Waals surface area (Å²) < 4.78 is 13.7. The highest BCUT2D eigenvalue weighted by Crippen LogP contribution is 2.26. The van der Waals surface area contributed by atoms with Crippen LogP contribution in [0.1, 0.15) is 30.0 Å². The third kappa shape index (κ3) is 3.90. The van der Waals surface area contributed by atoms with Crippen molar-refractivity contribution in [1.29, 1.82) is 0 Å². The predicted octanol–water partition coefficient (Wildman–Crippen LogP) is 3.10. The van der Waals surface area contributed by atoms with Crippen molar-refractivity contribution < 1.29 is 9.18 Å². The average Bonchev–Trinajstić information content (AvgIpc) is 2.80. The quantitative estimate of drug-likeness (QED) is 0.889. The van der Waals surface area contributed by atoms with E-state index in [9.17, 15) is 9.18 Å². The molecule has 2 atom stereocenters. The second-order valence-electron chi connectivity index (χ2n) is 5.43. The number of carbonyl (C=O) groups excluding carboxylic acids is 1. The molecule has 1 aromatic heterocycles. The van der Waals surface area contributed by atoms with Gasteiger partial charge in [0.15, 0.2) is 5.13 Å². The van der Waals surface area contributed by atoms with E-state index in [1.165, 1.54) is 17.4 Å². The van der Waals surface area contributed by atoms with Crippen molar-refractivity contribution in [2.45, 2.75) is 33.2 Å². The first-order chi connectivity index (χ1) is 10.4. The number of aryl methyl sites for hydroxylation is 1. The van der Waals surface area contributed by atoms with Gasteiger partial charge in [-0.3, -0.25) is 4.79 Å². The van der Waals surface area contributed by atoms with Crippen molar-refractivity contribution in [1.82, 2.24) is 4.98 Å². The molecule has 3 N–H and O–H groups in total. The molecule has 1 heterocycles. The van der Waals surface area contributed by atoms with Crippen molar-refractivity contribution >= 4 is 22.4 Å². The van der Waals surface area contributed by atoms with Gasteiger partial charge in [-0.2, -0.15) is 0 Å². The van der Waals surface area contributed by atoms with Crippen LogP contribution in [0.5, 0.6) is 0 Å². The molecule has 0 aliphatic rings. The predicted molar refractivity (Wildman–Crippen MR) is 87.5 cm³/mol.